The predicted octanol–water partition coefficient (Wildman–Crippen LogP) is 3.36. The van der Waals surface area contributed by atoms with Crippen molar-refractivity contribution in [3.05, 3.63) is 29.8 Å². The fraction of sp³-hybridized carbons (Fsp3) is 0.500. The average molecular weight is 362 g/mol. The van der Waals surface area contributed by atoms with E-state index in [-0.39, 0.29) is 12.3 Å². The number of nitrogens with one attached hydrogen (secondary N) is 2. The second-order valence-corrected chi connectivity index (χ2v) is 5.49. The molecule has 25 heavy (non-hydrogen) atoms. The highest BCUT2D eigenvalue weighted by Gasteiger charge is 2.64. The Hall–Kier alpha value is -2.45. The molecule has 2 N–H and O–H groups in total. The highest BCUT2D eigenvalue weighted by Crippen LogP contribution is 2.34. The van der Waals surface area contributed by atoms with E-state index < -0.39 is 30.0 Å². The van der Waals surface area contributed by atoms with Crippen molar-refractivity contribution in [2.24, 2.45) is 0 Å². The fourth-order valence-electron chi connectivity index (χ4n) is 1.94. The van der Waals surface area contributed by atoms with E-state index in [2.05, 4.69) is 10.1 Å². The van der Waals surface area contributed by atoms with Crippen LogP contribution in [0.4, 0.5) is 23.7 Å². The number of carbonyl (C=O) groups is 2. The van der Waals surface area contributed by atoms with Crippen molar-refractivity contribution in [3.8, 4) is 0 Å². The molecule has 1 aromatic carbocycles. The van der Waals surface area contributed by atoms with Crippen LogP contribution in [-0.2, 0) is 14.3 Å². The summed E-state index contributed by atoms with van der Waals surface area (Å²) in [7, 11) is 0. The highest BCUT2D eigenvalue weighted by atomic mass is 19.4. The van der Waals surface area contributed by atoms with Crippen LogP contribution >= 0.6 is 0 Å². The molecule has 0 radical (unpaired) electrons. The van der Waals surface area contributed by atoms with Gasteiger partial charge in [0, 0.05) is 5.69 Å². The van der Waals surface area contributed by atoms with Crippen molar-refractivity contribution >= 4 is 17.7 Å². The maximum atomic E-state index is 13.8. The number of amides is 1. The summed E-state index contributed by atoms with van der Waals surface area (Å²) in [4.78, 5) is 24.0. The Bertz CT molecular complexity index is 620. The Morgan fingerprint density at radius 2 is 1.80 bits per heavy atom. The van der Waals surface area contributed by atoms with E-state index in [1.54, 1.807) is 24.4 Å². The van der Waals surface area contributed by atoms with Crippen molar-refractivity contribution in [3.63, 3.8) is 0 Å². The predicted molar refractivity (Wildman–Crippen MR) is 85.0 cm³/mol. The first-order valence-corrected chi connectivity index (χ1v) is 7.60. The number of rotatable bonds is 6. The zero-order valence-electron chi connectivity index (χ0n) is 14.4. The smallest absolute Gasteiger partial charge is 0.442 e. The number of para-hydroxylation sites is 1. The van der Waals surface area contributed by atoms with Crippen LogP contribution < -0.4 is 10.6 Å². The molecule has 1 atom stereocenters. The molecule has 0 fully saturated rings. The van der Waals surface area contributed by atoms with Gasteiger partial charge in [-0.3, -0.25) is 5.32 Å². The van der Waals surface area contributed by atoms with Gasteiger partial charge in [0.25, 0.3) is 0 Å². The van der Waals surface area contributed by atoms with Gasteiger partial charge in [0.2, 0.25) is 0 Å². The summed E-state index contributed by atoms with van der Waals surface area (Å²) in [6.07, 6.45) is -7.27. The van der Waals surface area contributed by atoms with Crippen LogP contribution in [0.15, 0.2) is 24.3 Å². The molecule has 140 valence electrons. The van der Waals surface area contributed by atoms with Crippen LogP contribution in [-0.4, -0.2) is 36.6 Å². The van der Waals surface area contributed by atoms with Crippen molar-refractivity contribution in [2.45, 2.75) is 45.6 Å². The SMILES string of the molecule is CCOC(=O)[C@@](NC(=O)OC(C)C)(Nc1ccccc1C)C(F)(F)F. The van der Waals surface area contributed by atoms with Gasteiger partial charge in [0.05, 0.1) is 12.7 Å². The average Bonchev–Trinajstić information content (AvgIpc) is 2.46. The molecule has 0 saturated heterocycles. The minimum Gasteiger partial charge on any atom is -0.463 e. The molecule has 1 rings (SSSR count). The number of hydrogen-bond acceptors (Lipinski definition) is 5. The van der Waals surface area contributed by atoms with Gasteiger partial charge in [0.15, 0.2) is 0 Å². The maximum Gasteiger partial charge on any atom is 0.442 e. The van der Waals surface area contributed by atoms with Crippen molar-refractivity contribution in [2.75, 3.05) is 11.9 Å². The van der Waals surface area contributed by atoms with E-state index in [0.717, 1.165) is 0 Å². The standard InChI is InChI=1S/C16H21F3N2O4/c1-5-24-13(22)15(16(17,18)19,21-14(23)25-10(2)3)20-12-9-7-6-8-11(12)4/h6-10,20H,5H2,1-4H3,(H,21,23)/t15-/m0/s1. The Morgan fingerprint density at radius 3 is 2.28 bits per heavy atom. The molecule has 1 amide bonds. The first kappa shape index (κ1) is 20.6. The van der Waals surface area contributed by atoms with Crippen LogP contribution in [0.25, 0.3) is 0 Å². The summed E-state index contributed by atoms with van der Waals surface area (Å²) in [5.74, 6) is -1.69. The molecule has 1 aromatic rings. The summed E-state index contributed by atoms with van der Waals surface area (Å²) in [6, 6.07) is 6.03. The molecule has 0 aliphatic heterocycles. The maximum absolute atomic E-state index is 13.8. The fourth-order valence-corrected chi connectivity index (χ4v) is 1.94. The lowest BCUT2D eigenvalue weighted by atomic mass is 10.1. The van der Waals surface area contributed by atoms with E-state index in [4.69, 9.17) is 4.74 Å². The van der Waals surface area contributed by atoms with E-state index in [1.807, 2.05) is 0 Å². The number of halogens is 3. The third-order valence-electron chi connectivity index (χ3n) is 3.11. The van der Waals surface area contributed by atoms with Gasteiger partial charge in [-0.2, -0.15) is 13.2 Å². The van der Waals surface area contributed by atoms with E-state index in [1.165, 1.54) is 32.9 Å². The Balaban J connectivity index is 3.37. The Morgan fingerprint density at radius 1 is 1.20 bits per heavy atom. The van der Waals surface area contributed by atoms with Gasteiger partial charge in [-0.05, 0) is 39.3 Å². The molecule has 0 bridgehead atoms. The molecule has 6 nitrogen and oxygen atoms in total. The largest absolute Gasteiger partial charge is 0.463 e. The molecule has 0 heterocycles. The number of ether oxygens (including phenoxy) is 2. The third-order valence-corrected chi connectivity index (χ3v) is 3.11. The number of benzene rings is 1. The number of hydrogen-bond donors (Lipinski definition) is 2. The summed E-state index contributed by atoms with van der Waals surface area (Å²) in [6.45, 7) is 5.55. The normalized spacial score (nSPS) is 13.8. The summed E-state index contributed by atoms with van der Waals surface area (Å²) < 4.78 is 50.8. The molecule has 0 aromatic heterocycles. The van der Waals surface area contributed by atoms with E-state index in [0.29, 0.717) is 5.56 Å². The van der Waals surface area contributed by atoms with Gasteiger partial charge in [-0.1, -0.05) is 18.2 Å². The van der Waals surface area contributed by atoms with Crippen LogP contribution in [0, 0.1) is 6.92 Å². The van der Waals surface area contributed by atoms with Crippen molar-refractivity contribution < 1.29 is 32.2 Å². The van der Waals surface area contributed by atoms with Gasteiger partial charge < -0.3 is 14.8 Å². The molecule has 0 spiro atoms. The number of anilines is 1. The lowest BCUT2D eigenvalue weighted by Crippen LogP contribution is -2.69. The number of carbonyl (C=O) groups excluding carboxylic acids is 2. The van der Waals surface area contributed by atoms with Gasteiger partial charge in [-0.25, -0.2) is 9.59 Å². The molecule has 0 saturated carbocycles. The first-order chi connectivity index (χ1) is 11.5. The lowest BCUT2D eigenvalue weighted by Gasteiger charge is -2.35. The summed E-state index contributed by atoms with van der Waals surface area (Å²) in [5, 5.41) is 3.67. The van der Waals surface area contributed by atoms with Crippen LogP contribution in [0.1, 0.15) is 26.3 Å². The van der Waals surface area contributed by atoms with Crippen LogP contribution in [0.3, 0.4) is 0 Å². The summed E-state index contributed by atoms with van der Waals surface area (Å²) >= 11 is 0. The molecule has 0 unspecified atom stereocenters. The Kier molecular flexibility index (Phi) is 6.66. The van der Waals surface area contributed by atoms with E-state index >= 15 is 0 Å². The molecule has 9 heteroatoms. The van der Waals surface area contributed by atoms with Crippen LogP contribution in [0.5, 0.6) is 0 Å². The van der Waals surface area contributed by atoms with Crippen molar-refractivity contribution in [1.29, 1.82) is 0 Å². The zero-order valence-corrected chi connectivity index (χ0v) is 14.4. The second kappa shape index (κ2) is 8.09. The number of aryl methyl sites for hydroxylation is 1. The first-order valence-electron chi connectivity index (χ1n) is 7.60. The van der Waals surface area contributed by atoms with Crippen molar-refractivity contribution in [1.82, 2.24) is 5.32 Å². The van der Waals surface area contributed by atoms with Gasteiger partial charge >= 0.3 is 23.9 Å². The monoisotopic (exact) mass is 362 g/mol. The number of alkyl carbamates (subject to hydrolysis) is 1. The number of alkyl halides is 3. The van der Waals surface area contributed by atoms with E-state index in [9.17, 15) is 22.8 Å². The molecule has 0 aliphatic rings. The Labute approximate surface area is 143 Å². The quantitative estimate of drug-likeness (QED) is 0.599. The summed E-state index contributed by atoms with van der Waals surface area (Å²) in [5.41, 5.74) is -3.03. The second-order valence-electron chi connectivity index (χ2n) is 5.49. The number of esters is 1. The topological polar surface area (TPSA) is 76.7 Å². The van der Waals surface area contributed by atoms with Gasteiger partial charge in [-0.15, -0.1) is 0 Å². The molecular formula is C16H21F3N2O4. The molecular weight excluding hydrogens is 341 g/mol. The lowest BCUT2D eigenvalue weighted by molar-refractivity contribution is -0.205. The minimum absolute atomic E-state index is 0.0118. The molecule has 0 aliphatic carbocycles. The minimum atomic E-state index is -5.20. The van der Waals surface area contributed by atoms with Crippen LogP contribution in [0.2, 0.25) is 0 Å². The zero-order chi connectivity index (χ0) is 19.3. The highest BCUT2D eigenvalue weighted by molar-refractivity contribution is 5.89. The third kappa shape index (κ3) is 5.01. The van der Waals surface area contributed by atoms with Gasteiger partial charge in [0.1, 0.15) is 0 Å².